The lowest BCUT2D eigenvalue weighted by atomic mass is 10.2. The average molecular weight is 153 g/mol. The lowest BCUT2D eigenvalue weighted by Gasteiger charge is -2.01. The molecule has 0 radical (unpaired) electrons. The highest BCUT2D eigenvalue weighted by molar-refractivity contribution is 4.70. The molecule has 62 valence electrons. The second-order valence-corrected chi connectivity index (χ2v) is 3.26. The molecule has 1 aromatic heterocycles. The maximum atomic E-state index is 2.25. The molecule has 11 heavy (non-hydrogen) atoms. The Hall–Kier alpha value is -0.790. The monoisotopic (exact) mass is 153 g/mol. The SMILES string of the molecule is CCn1ccc[n+]1CC(C)C. The van der Waals surface area contributed by atoms with Crippen LogP contribution in [0.3, 0.4) is 0 Å². The molecular weight excluding hydrogens is 136 g/mol. The van der Waals surface area contributed by atoms with Gasteiger partial charge in [-0.25, -0.2) is 0 Å². The lowest BCUT2D eigenvalue weighted by molar-refractivity contribution is -0.779. The van der Waals surface area contributed by atoms with Gasteiger partial charge in [-0.1, -0.05) is 13.8 Å². The van der Waals surface area contributed by atoms with Crippen LogP contribution in [0.5, 0.6) is 0 Å². The van der Waals surface area contributed by atoms with E-state index in [0.717, 1.165) is 19.0 Å². The van der Waals surface area contributed by atoms with Gasteiger partial charge in [0, 0.05) is 12.0 Å². The Bertz CT molecular complexity index is 213. The minimum atomic E-state index is 0.722. The molecule has 0 saturated carbocycles. The Morgan fingerprint density at radius 2 is 2.18 bits per heavy atom. The van der Waals surface area contributed by atoms with Crippen LogP contribution < -0.4 is 4.68 Å². The number of aromatic nitrogens is 2. The summed E-state index contributed by atoms with van der Waals surface area (Å²) in [7, 11) is 0. The molecule has 1 rings (SSSR count). The fourth-order valence-electron chi connectivity index (χ4n) is 1.24. The van der Waals surface area contributed by atoms with Crippen molar-refractivity contribution in [2.45, 2.75) is 33.9 Å². The standard InChI is InChI=1S/C9H17N2/c1-4-10-6-5-7-11(10)8-9(2)3/h5-7,9H,4,8H2,1-3H3/q+1. The number of aryl methyl sites for hydroxylation is 1. The first kappa shape index (κ1) is 8.31. The van der Waals surface area contributed by atoms with Crippen molar-refractivity contribution in [1.29, 1.82) is 0 Å². The maximum absolute atomic E-state index is 2.25. The van der Waals surface area contributed by atoms with Crippen LogP contribution in [0.15, 0.2) is 18.5 Å². The van der Waals surface area contributed by atoms with Gasteiger partial charge in [-0.15, -0.1) is 4.68 Å². The van der Waals surface area contributed by atoms with Gasteiger partial charge in [0.1, 0.15) is 0 Å². The van der Waals surface area contributed by atoms with Crippen molar-refractivity contribution in [3.8, 4) is 0 Å². The molecule has 0 atom stereocenters. The number of rotatable bonds is 3. The summed E-state index contributed by atoms with van der Waals surface area (Å²) in [5.74, 6) is 0.722. The van der Waals surface area contributed by atoms with Gasteiger partial charge >= 0.3 is 0 Å². The molecule has 0 aliphatic heterocycles. The van der Waals surface area contributed by atoms with E-state index in [1.807, 2.05) is 0 Å². The van der Waals surface area contributed by atoms with E-state index in [9.17, 15) is 0 Å². The molecule has 0 fully saturated rings. The van der Waals surface area contributed by atoms with Crippen LogP contribution in [0.4, 0.5) is 0 Å². The Labute approximate surface area is 68.4 Å². The van der Waals surface area contributed by atoms with Crippen LogP contribution >= 0.6 is 0 Å². The Morgan fingerprint density at radius 3 is 2.73 bits per heavy atom. The molecule has 0 spiro atoms. The number of hydrogen-bond acceptors (Lipinski definition) is 0. The third-order valence-corrected chi connectivity index (χ3v) is 1.72. The third kappa shape index (κ3) is 2.07. The second-order valence-electron chi connectivity index (χ2n) is 3.26. The quantitative estimate of drug-likeness (QED) is 0.581. The van der Waals surface area contributed by atoms with Gasteiger partial charge in [0.05, 0.1) is 12.7 Å². The average Bonchev–Trinajstić information content (AvgIpc) is 2.34. The minimum Gasteiger partial charge on any atom is -0.161 e. The van der Waals surface area contributed by atoms with Crippen LogP contribution in [-0.4, -0.2) is 4.68 Å². The summed E-state index contributed by atoms with van der Waals surface area (Å²) < 4.78 is 4.48. The molecule has 0 aliphatic rings. The van der Waals surface area contributed by atoms with Crippen LogP contribution in [0.2, 0.25) is 0 Å². The number of nitrogens with zero attached hydrogens (tertiary/aromatic N) is 2. The first-order chi connectivity index (χ1) is 5.24. The Morgan fingerprint density at radius 1 is 1.45 bits per heavy atom. The largest absolute Gasteiger partial charge is 0.195 e. The molecule has 1 heterocycles. The molecule has 2 heteroatoms. The number of hydrogen-bond donors (Lipinski definition) is 0. The summed E-state index contributed by atoms with van der Waals surface area (Å²) in [6.07, 6.45) is 4.24. The molecule has 1 aromatic rings. The maximum Gasteiger partial charge on any atom is 0.195 e. The van der Waals surface area contributed by atoms with Crippen LogP contribution in [0.1, 0.15) is 20.8 Å². The van der Waals surface area contributed by atoms with Gasteiger partial charge in [-0.3, -0.25) is 0 Å². The minimum absolute atomic E-state index is 0.722. The molecule has 0 bridgehead atoms. The molecule has 0 N–H and O–H groups in total. The summed E-state index contributed by atoms with van der Waals surface area (Å²) in [4.78, 5) is 0. The molecule has 2 nitrogen and oxygen atoms in total. The molecule has 0 aromatic carbocycles. The van der Waals surface area contributed by atoms with E-state index < -0.39 is 0 Å². The summed E-state index contributed by atoms with van der Waals surface area (Å²) in [5.41, 5.74) is 0. The zero-order valence-electron chi connectivity index (χ0n) is 7.62. The second kappa shape index (κ2) is 3.56. The van der Waals surface area contributed by atoms with E-state index in [0.29, 0.717) is 0 Å². The molecule has 0 unspecified atom stereocenters. The fraction of sp³-hybridized carbons (Fsp3) is 0.667. The van der Waals surface area contributed by atoms with E-state index in [-0.39, 0.29) is 0 Å². The van der Waals surface area contributed by atoms with E-state index >= 15 is 0 Å². The van der Waals surface area contributed by atoms with Gasteiger partial charge in [0.15, 0.2) is 12.7 Å². The van der Waals surface area contributed by atoms with Crippen LogP contribution in [0, 0.1) is 5.92 Å². The van der Waals surface area contributed by atoms with Crippen LogP contribution in [0.25, 0.3) is 0 Å². The van der Waals surface area contributed by atoms with Crippen molar-refractivity contribution in [1.82, 2.24) is 4.68 Å². The summed E-state index contributed by atoms with van der Waals surface area (Å²) in [6.45, 7) is 8.80. The molecular formula is C9H17N2+. The Balaban J connectivity index is 2.68. The van der Waals surface area contributed by atoms with Crippen molar-refractivity contribution < 1.29 is 4.68 Å². The normalized spacial score (nSPS) is 10.9. The lowest BCUT2D eigenvalue weighted by Crippen LogP contribution is -2.43. The van der Waals surface area contributed by atoms with Crippen molar-refractivity contribution in [3.05, 3.63) is 18.5 Å². The predicted octanol–water partition coefficient (Wildman–Crippen LogP) is 1.45. The molecule has 0 aliphatic carbocycles. The highest BCUT2D eigenvalue weighted by Crippen LogP contribution is 1.91. The first-order valence-electron chi connectivity index (χ1n) is 4.29. The first-order valence-corrected chi connectivity index (χ1v) is 4.29. The van der Waals surface area contributed by atoms with Gasteiger partial charge in [0.2, 0.25) is 0 Å². The molecule has 0 saturated heterocycles. The third-order valence-electron chi connectivity index (χ3n) is 1.72. The molecule has 0 amide bonds. The highest BCUT2D eigenvalue weighted by Gasteiger charge is 2.07. The topological polar surface area (TPSA) is 8.81 Å². The predicted molar refractivity (Wildman–Crippen MR) is 45.1 cm³/mol. The fourth-order valence-corrected chi connectivity index (χ4v) is 1.24. The zero-order valence-corrected chi connectivity index (χ0v) is 7.62. The van der Waals surface area contributed by atoms with Crippen molar-refractivity contribution in [2.75, 3.05) is 0 Å². The van der Waals surface area contributed by atoms with Gasteiger partial charge in [-0.05, 0) is 6.92 Å². The zero-order chi connectivity index (χ0) is 8.27. The summed E-state index contributed by atoms with van der Waals surface area (Å²) >= 11 is 0. The highest BCUT2D eigenvalue weighted by atomic mass is 15.4. The van der Waals surface area contributed by atoms with E-state index in [1.165, 1.54) is 0 Å². The smallest absolute Gasteiger partial charge is 0.161 e. The summed E-state index contributed by atoms with van der Waals surface area (Å²) in [5, 5.41) is 0. The van der Waals surface area contributed by atoms with E-state index in [4.69, 9.17) is 0 Å². The van der Waals surface area contributed by atoms with Crippen molar-refractivity contribution in [3.63, 3.8) is 0 Å². The van der Waals surface area contributed by atoms with Crippen LogP contribution in [-0.2, 0) is 13.1 Å². The van der Waals surface area contributed by atoms with Crippen molar-refractivity contribution >= 4 is 0 Å². The van der Waals surface area contributed by atoms with Gasteiger partial charge in [-0.2, -0.15) is 4.68 Å². The van der Waals surface area contributed by atoms with Gasteiger partial charge in [0.25, 0.3) is 0 Å². The Kier molecular flexibility index (Phi) is 2.69. The van der Waals surface area contributed by atoms with E-state index in [2.05, 4.69) is 48.6 Å². The van der Waals surface area contributed by atoms with Crippen molar-refractivity contribution in [2.24, 2.45) is 5.92 Å². The summed E-state index contributed by atoms with van der Waals surface area (Å²) in [6, 6.07) is 2.09. The van der Waals surface area contributed by atoms with Gasteiger partial charge < -0.3 is 0 Å². The van der Waals surface area contributed by atoms with E-state index in [1.54, 1.807) is 0 Å².